The van der Waals surface area contributed by atoms with Gasteiger partial charge in [-0.25, -0.2) is 29.6 Å². The van der Waals surface area contributed by atoms with E-state index in [0.29, 0.717) is 103 Å². The quantitative estimate of drug-likeness (QED) is 0.00346. The number of nitro benzene ring substituents is 3. The van der Waals surface area contributed by atoms with Crippen LogP contribution in [0.4, 0.5) is 61.3 Å². The van der Waals surface area contributed by atoms with E-state index in [-0.39, 0.29) is 171 Å². The van der Waals surface area contributed by atoms with Crippen LogP contribution in [0.15, 0.2) is 330 Å². The zero-order valence-corrected chi connectivity index (χ0v) is 77.9. The third kappa shape index (κ3) is 39.6. The molecule has 0 unspecified atom stereocenters. The number of halogens is 1. The van der Waals surface area contributed by atoms with Gasteiger partial charge in [0, 0.05) is 91.5 Å². The molecule has 0 fully saturated rings. The van der Waals surface area contributed by atoms with Crippen LogP contribution in [0.2, 0.25) is 0 Å². The number of nitrogens with zero attached hydrogens (tertiary/aromatic N) is 3. The Hall–Kier alpha value is -13.3. The number of non-ortho nitro benzene ring substituents is 3. The van der Waals surface area contributed by atoms with E-state index < -0.39 is 62.5 Å². The summed E-state index contributed by atoms with van der Waals surface area (Å²) in [5.41, 5.74) is 20.1. The molecule has 36 nitrogen and oxygen atoms in total. The number of esters is 1. The van der Waals surface area contributed by atoms with Gasteiger partial charge < -0.3 is 77.1 Å². The molecule has 3 radical (unpaired) electrons. The molecule has 0 heterocycles. The summed E-state index contributed by atoms with van der Waals surface area (Å²) >= 11 is 0. The molecule has 13 aromatic rings. The number of sulfonamides is 3. The molecule has 0 spiro atoms. The maximum atomic E-state index is 12.5. The SMILES string of the molecule is C.COc1ccc(S(=O)(=O)Nc2ccc(Oc3ccc(N)cc3)cc2)cc1.COc1ccc(S(=O)(=O)Nc2ccc(Oc3ccc(NC(=O)COC(C)=O)cc3)cc2)cc1.COc1ccc(S(=O)(=O)Nc2ccc(Oc3ccc([N+](=O)[O-])cc3)cc2)cc1.Nc1ccc(O)cc1.Nc1ccc(Oc2ccc([N+](=O)[O-])cc2)cc1.O=CO[O-].O=[N+]([O-])c1ccc(F)cc1.[B].[H-].[K+].[K+]. The summed E-state index contributed by atoms with van der Waals surface area (Å²) in [5, 5.41) is 50.8. The molecule has 0 aromatic heterocycles. The summed E-state index contributed by atoms with van der Waals surface area (Å²) in [6.45, 7) is 0.685. The predicted molar refractivity (Wildman–Crippen MR) is 477 cm³/mol. The monoisotopic (exact) mass is 1890 g/mol. The van der Waals surface area contributed by atoms with Crippen molar-refractivity contribution in [2.24, 2.45) is 0 Å². The number of carbonyl (C=O) groups is 3. The Morgan fingerprint density at radius 3 is 0.808 bits per heavy atom. The van der Waals surface area contributed by atoms with Crippen LogP contribution < -0.4 is 178 Å². The fourth-order valence-corrected chi connectivity index (χ4v) is 12.8. The number of nitro groups is 3. The van der Waals surface area contributed by atoms with E-state index in [0.717, 1.165) is 24.3 Å². The minimum Gasteiger partial charge on any atom is -1.00 e. The predicted octanol–water partition coefficient (Wildman–Crippen LogP) is 10.3. The number of phenolic OH excluding ortho intramolecular Hbond substituents is 1. The molecule has 43 heteroatoms. The second-order valence-electron chi connectivity index (χ2n) is 24.8. The van der Waals surface area contributed by atoms with E-state index in [1.807, 2.05) is 0 Å². The second kappa shape index (κ2) is 56.2. The van der Waals surface area contributed by atoms with Crippen molar-refractivity contribution in [2.45, 2.75) is 29.0 Å². The number of methoxy groups -OCH3 is 3. The summed E-state index contributed by atoms with van der Waals surface area (Å²) in [4.78, 5) is 63.6. The molecule has 0 aliphatic heterocycles. The largest absolute Gasteiger partial charge is 1.00 e. The van der Waals surface area contributed by atoms with Crippen LogP contribution >= 0.6 is 0 Å². The molecular weight excluding hydrogens is 1810 g/mol. The van der Waals surface area contributed by atoms with E-state index in [1.54, 1.807) is 218 Å². The molecule has 667 valence electrons. The minimum absolute atomic E-state index is 0. The molecule has 0 atom stereocenters. The first-order valence-electron chi connectivity index (χ1n) is 36.1. The van der Waals surface area contributed by atoms with Crippen LogP contribution in [-0.2, 0) is 54.1 Å². The van der Waals surface area contributed by atoms with Gasteiger partial charge in [-0.3, -0.25) is 58.9 Å². The summed E-state index contributed by atoms with van der Waals surface area (Å²) in [6.07, 6.45) is 0. The summed E-state index contributed by atoms with van der Waals surface area (Å²) < 4.78 is 137. The second-order valence-corrected chi connectivity index (χ2v) is 29.9. The molecule has 0 bridgehead atoms. The number of anilines is 7. The number of benzene rings is 13. The fraction of sp³-hybridized carbons (Fsp3) is 0.0690. The van der Waals surface area contributed by atoms with Crippen LogP contribution in [-0.4, -0.2) is 99.8 Å². The fourth-order valence-electron chi connectivity index (χ4n) is 9.58. The summed E-state index contributed by atoms with van der Waals surface area (Å²) in [5.74, 6) is 4.81. The Labute approximate surface area is 835 Å². The van der Waals surface area contributed by atoms with Crippen molar-refractivity contribution in [3.05, 3.63) is 352 Å². The number of nitrogen functional groups attached to an aromatic ring is 3. The molecule has 0 saturated heterocycles. The zero-order chi connectivity index (χ0) is 91.8. The molecular formula is C87H83BFK2N10O26S3. The van der Waals surface area contributed by atoms with Gasteiger partial charge in [0.1, 0.15) is 74.8 Å². The van der Waals surface area contributed by atoms with Crippen molar-refractivity contribution in [2.75, 3.05) is 64.6 Å². The maximum Gasteiger partial charge on any atom is 1.00 e. The number of amides is 1. The Bertz CT molecular complexity index is 6050. The van der Waals surface area contributed by atoms with Gasteiger partial charge in [0.15, 0.2) is 6.61 Å². The number of hydrogen-bond donors (Lipinski definition) is 8. The molecule has 0 aliphatic rings. The number of aromatic hydroxyl groups is 1. The van der Waals surface area contributed by atoms with E-state index in [4.69, 9.17) is 65.5 Å². The van der Waals surface area contributed by atoms with Gasteiger partial charge in [-0.05, 0) is 279 Å². The van der Waals surface area contributed by atoms with E-state index in [9.17, 15) is 69.6 Å². The van der Waals surface area contributed by atoms with Crippen LogP contribution in [0.3, 0.4) is 0 Å². The first kappa shape index (κ1) is 111. The normalized spacial score (nSPS) is 9.98. The van der Waals surface area contributed by atoms with Crippen molar-refractivity contribution in [1.82, 2.24) is 0 Å². The van der Waals surface area contributed by atoms with E-state index in [2.05, 4.69) is 29.1 Å². The third-order valence-corrected chi connectivity index (χ3v) is 19.9. The molecule has 13 rings (SSSR count). The van der Waals surface area contributed by atoms with Gasteiger partial charge in [-0.15, -0.1) is 0 Å². The van der Waals surface area contributed by atoms with Crippen LogP contribution in [0.25, 0.3) is 0 Å². The third-order valence-electron chi connectivity index (χ3n) is 15.7. The number of nitrogens with one attached hydrogen (secondary N) is 4. The Morgan fingerprint density at radius 2 is 0.592 bits per heavy atom. The topological polar surface area (TPSA) is 536 Å². The van der Waals surface area contributed by atoms with Gasteiger partial charge in [0.25, 0.3) is 59.5 Å². The van der Waals surface area contributed by atoms with E-state index >= 15 is 0 Å². The summed E-state index contributed by atoms with van der Waals surface area (Å²) in [6, 6.07) is 80.4. The number of rotatable bonds is 27. The van der Waals surface area contributed by atoms with Crippen LogP contribution in [0.5, 0.6) is 69.0 Å². The first-order chi connectivity index (χ1) is 60.1. The Balaban J connectivity index is 0.000000547. The number of hydrogen-bond acceptors (Lipinski definition) is 29. The van der Waals surface area contributed by atoms with E-state index in [1.165, 1.54) is 101 Å². The summed E-state index contributed by atoms with van der Waals surface area (Å²) in [7, 11) is -6.62. The van der Waals surface area contributed by atoms with Gasteiger partial charge in [0.05, 0.1) is 50.8 Å². The molecule has 11 N–H and O–H groups in total. The van der Waals surface area contributed by atoms with Crippen LogP contribution in [0, 0.1) is 36.2 Å². The molecule has 0 saturated carbocycles. The van der Waals surface area contributed by atoms with Crippen molar-refractivity contribution < 1.29 is 216 Å². The minimum atomic E-state index is -3.74. The standard InChI is InChI=1S/C23H22N2O7S.C19H16N2O6S.C19H18N2O4S.C12H10N2O3.C6H4FNO2.C6H7NO.CH2O3.CH4.B.2K.H/c1-16(26)31-15-23(27)24-17-3-7-20(8-4-17)32-21-9-5-18(6-10-21)25-33(28,29)22-13-11-19(30-2)12-14-22;1-26-16-10-12-19(13-11-16)28(24,25)20-14-2-6-17(7-3-14)27-18-8-4-15(5-9-18)21(22)23;1-24-16-10-12-19(13-11-16)26(22,23)21-15-4-8-18(9-5-15)25-17-6-2-14(20)3-7-17;13-9-1-5-11(6-2-9)17-12-7-3-10(4-8-12)14(15)16;7-5-1-3-6(4-2-5)8(9)10;7-5-1-3-6(8)4-2-5;2-1-4-3;;;;;/h3-14,25H,15H2,1-2H3,(H,24,27);2-13,20H,1H3;2-13,21H,20H2,1H3;1-8H,13H2;1-4H;1-4,8H,7H2;1,3H;1H4;;;;/q;;;;;;;;;2*+1;-1/p-1. The number of nitrogens with two attached hydrogens (primary N) is 3. The molecule has 13 aromatic carbocycles. The van der Waals surface area contributed by atoms with Crippen molar-refractivity contribution >= 4 is 114 Å². The van der Waals surface area contributed by atoms with Crippen molar-refractivity contribution in [3.8, 4) is 69.0 Å². The van der Waals surface area contributed by atoms with Gasteiger partial charge in [-0.1, -0.05) is 7.43 Å². The molecule has 0 aliphatic carbocycles. The average molecular weight is 1890 g/mol. The van der Waals surface area contributed by atoms with Crippen molar-refractivity contribution in [3.63, 3.8) is 0 Å². The first-order valence-corrected chi connectivity index (χ1v) is 40.5. The molecule has 1 amide bonds. The zero-order valence-electron chi connectivity index (χ0n) is 70.2. The van der Waals surface area contributed by atoms with Crippen LogP contribution in [0.1, 0.15) is 15.8 Å². The maximum absolute atomic E-state index is 12.5. The van der Waals surface area contributed by atoms with Crippen molar-refractivity contribution in [1.29, 1.82) is 0 Å². The Kier molecular flexibility index (Phi) is 47.9. The average Bonchev–Trinajstić information content (AvgIpc) is 0.830. The number of ether oxygens (including phenoxy) is 8. The smallest absolute Gasteiger partial charge is 1.00 e. The van der Waals surface area contributed by atoms with Gasteiger partial charge >= 0.3 is 109 Å². The van der Waals surface area contributed by atoms with Gasteiger partial charge in [0.2, 0.25) is 0 Å². The Morgan fingerprint density at radius 1 is 0.385 bits per heavy atom. The number of phenols is 1. The van der Waals surface area contributed by atoms with Gasteiger partial charge in [-0.2, -0.15) is 0 Å². The molecule has 130 heavy (non-hydrogen) atoms. The number of carbonyl (C=O) groups excluding carboxylic acids is 3.